The Bertz CT molecular complexity index is 1240. The minimum Gasteiger partial charge on any atom is -0.384 e. The summed E-state index contributed by atoms with van der Waals surface area (Å²) in [6.07, 6.45) is 0. The first-order chi connectivity index (χ1) is 15.2. The Hall–Kier alpha value is -3.57. The van der Waals surface area contributed by atoms with Gasteiger partial charge in [0.05, 0.1) is 11.4 Å². The number of carbonyl (C=O) groups excluding carboxylic acids is 1. The number of halogens is 1. The molecule has 0 spiro atoms. The van der Waals surface area contributed by atoms with E-state index >= 15 is 0 Å². The fourth-order valence-corrected chi connectivity index (χ4v) is 3.50. The van der Waals surface area contributed by atoms with Crippen molar-refractivity contribution < 1.29 is 4.79 Å². The summed E-state index contributed by atoms with van der Waals surface area (Å²) in [5.41, 5.74) is 11.2. The minimum absolute atomic E-state index is 0.0696. The van der Waals surface area contributed by atoms with Crippen molar-refractivity contribution in [3.63, 3.8) is 0 Å². The highest BCUT2D eigenvalue weighted by molar-refractivity contribution is 6.30. The largest absolute Gasteiger partial charge is 0.384 e. The van der Waals surface area contributed by atoms with Crippen LogP contribution in [0.3, 0.4) is 0 Å². The molecule has 0 aliphatic rings. The standard InChI is InChI=1S/C26H25ClN4O/c1-26(2,3)19-8-12-21(13-9-19)29-25(32)18-6-14-22(15-7-18)31-24(28)16-23(30-31)17-4-10-20(27)11-5-17/h4-16H,28H2,1-3H3,(H,29,32). The van der Waals surface area contributed by atoms with Gasteiger partial charge in [0.1, 0.15) is 5.82 Å². The van der Waals surface area contributed by atoms with Gasteiger partial charge in [-0.3, -0.25) is 4.79 Å². The first kappa shape index (κ1) is 21.7. The fraction of sp³-hybridized carbons (Fsp3) is 0.154. The van der Waals surface area contributed by atoms with Gasteiger partial charge in [0.2, 0.25) is 0 Å². The SMILES string of the molecule is CC(C)(C)c1ccc(NC(=O)c2ccc(-n3nc(-c4ccc(Cl)cc4)cc3N)cc2)cc1. The van der Waals surface area contributed by atoms with Gasteiger partial charge in [-0.25, -0.2) is 4.68 Å². The number of amides is 1. The highest BCUT2D eigenvalue weighted by atomic mass is 35.5. The van der Waals surface area contributed by atoms with Crippen LogP contribution in [0, 0.1) is 0 Å². The highest BCUT2D eigenvalue weighted by Gasteiger charge is 2.14. The summed E-state index contributed by atoms with van der Waals surface area (Å²) in [6.45, 7) is 6.48. The number of nitrogens with zero attached hydrogens (tertiary/aromatic N) is 2. The molecule has 0 aliphatic carbocycles. The number of nitrogen functional groups attached to an aromatic ring is 1. The maximum atomic E-state index is 12.7. The monoisotopic (exact) mass is 444 g/mol. The van der Waals surface area contributed by atoms with Crippen LogP contribution in [-0.4, -0.2) is 15.7 Å². The Labute approximate surface area is 192 Å². The predicted octanol–water partition coefficient (Wildman–Crippen LogP) is 6.32. The molecule has 3 aromatic carbocycles. The Balaban J connectivity index is 1.49. The molecule has 0 unspecified atom stereocenters. The lowest BCUT2D eigenvalue weighted by Gasteiger charge is -2.19. The number of hydrogen-bond donors (Lipinski definition) is 2. The zero-order valence-corrected chi connectivity index (χ0v) is 19.0. The molecule has 1 heterocycles. The fourth-order valence-electron chi connectivity index (χ4n) is 3.37. The summed E-state index contributed by atoms with van der Waals surface area (Å²) in [5, 5.41) is 8.21. The van der Waals surface area contributed by atoms with Gasteiger partial charge in [-0.05, 0) is 59.5 Å². The number of nitrogens with two attached hydrogens (primary N) is 1. The maximum Gasteiger partial charge on any atom is 0.255 e. The molecule has 6 heteroatoms. The van der Waals surface area contributed by atoms with Gasteiger partial charge in [-0.15, -0.1) is 0 Å². The molecule has 32 heavy (non-hydrogen) atoms. The van der Waals surface area contributed by atoms with E-state index in [0.717, 1.165) is 22.6 Å². The third kappa shape index (κ3) is 4.68. The molecule has 4 rings (SSSR count). The number of anilines is 2. The van der Waals surface area contributed by atoms with E-state index in [0.29, 0.717) is 16.4 Å². The van der Waals surface area contributed by atoms with E-state index < -0.39 is 0 Å². The van der Waals surface area contributed by atoms with Crippen molar-refractivity contribution in [2.45, 2.75) is 26.2 Å². The van der Waals surface area contributed by atoms with E-state index in [9.17, 15) is 4.79 Å². The van der Waals surface area contributed by atoms with Crippen molar-refractivity contribution >= 4 is 29.0 Å². The molecule has 1 amide bonds. The second-order valence-electron chi connectivity index (χ2n) is 8.70. The Kier molecular flexibility index (Phi) is 5.76. The van der Waals surface area contributed by atoms with Crippen molar-refractivity contribution in [3.8, 4) is 16.9 Å². The van der Waals surface area contributed by atoms with Gasteiger partial charge < -0.3 is 11.1 Å². The molecule has 0 radical (unpaired) electrons. The van der Waals surface area contributed by atoms with Crippen molar-refractivity contribution in [1.29, 1.82) is 0 Å². The van der Waals surface area contributed by atoms with Gasteiger partial charge >= 0.3 is 0 Å². The molecule has 0 bridgehead atoms. The molecular formula is C26H25ClN4O. The molecule has 0 atom stereocenters. The van der Waals surface area contributed by atoms with Crippen molar-refractivity contribution in [1.82, 2.24) is 9.78 Å². The quantitative estimate of drug-likeness (QED) is 0.386. The van der Waals surface area contributed by atoms with Crippen molar-refractivity contribution in [2.24, 2.45) is 0 Å². The van der Waals surface area contributed by atoms with E-state index in [1.807, 2.05) is 66.7 Å². The number of benzene rings is 3. The average molecular weight is 445 g/mol. The Morgan fingerprint density at radius 3 is 2.16 bits per heavy atom. The zero-order chi connectivity index (χ0) is 22.9. The van der Waals surface area contributed by atoms with Crippen LogP contribution in [0.4, 0.5) is 11.5 Å². The van der Waals surface area contributed by atoms with Crippen LogP contribution in [0.25, 0.3) is 16.9 Å². The van der Waals surface area contributed by atoms with Crippen molar-refractivity contribution in [3.05, 3.63) is 95.0 Å². The molecule has 1 aromatic heterocycles. The number of hydrogen-bond acceptors (Lipinski definition) is 3. The molecule has 0 saturated heterocycles. The lowest BCUT2D eigenvalue weighted by atomic mass is 9.87. The molecule has 5 nitrogen and oxygen atoms in total. The topological polar surface area (TPSA) is 72.9 Å². The van der Waals surface area contributed by atoms with Gasteiger partial charge in [0.15, 0.2) is 0 Å². The van der Waals surface area contributed by atoms with Crippen LogP contribution >= 0.6 is 11.6 Å². The van der Waals surface area contributed by atoms with Crippen LogP contribution < -0.4 is 11.1 Å². The van der Waals surface area contributed by atoms with Crippen LogP contribution in [0.15, 0.2) is 78.9 Å². The maximum absolute atomic E-state index is 12.7. The van der Waals surface area contributed by atoms with E-state index in [1.165, 1.54) is 5.56 Å². The second kappa shape index (κ2) is 8.52. The zero-order valence-electron chi connectivity index (χ0n) is 18.3. The predicted molar refractivity (Wildman–Crippen MR) is 132 cm³/mol. The van der Waals surface area contributed by atoms with Crippen LogP contribution in [0.1, 0.15) is 36.7 Å². The summed E-state index contributed by atoms with van der Waals surface area (Å²) in [4.78, 5) is 12.7. The summed E-state index contributed by atoms with van der Waals surface area (Å²) in [7, 11) is 0. The van der Waals surface area contributed by atoms with Gasteiger partial charge in [0, 0.05) is 27.9 Å². The lowest BCUT2D eigenvalue weighted by Crippen LogP contribution is -2.13. The summed E-state index contributed by atoms with van der Waals surface area (Å²) < 4.78 is 1.65. The van der Waals surface area contributed by atoms with Crippen LogP contribution in [0.2, 0.25) is 5.02 Å². The average Bonchev–Trinajstić information content (AvgIpc) is 3.15. The van der Waals surface area contributed by atoms with E-state index in [1.54, 1.807) is 16.8 Å². The first-order valence-electron chi connectivity index (χ1n) is 10.3. The third-order valence-corrected chi connectivity index (χ3v) is 5.51. The number of rotatable bonds is 4. The third-order valence-electron chi connectivity index (χ3n) is 5.26. The molecule has 0 saturated carbocycles. The second-order valence-corrected chi connectivity index (χ2v) is 9.14. The smallest absolute Gasteiger partial charge is 0.255 e. The summed E-state index contributed by atoms with van der Waals surface area (Å²) in [6, 6.07) is 24.3. The number of aromatic nitrogens is 2. The van der Waals surface area contributed by atoms with Gasteiger partial charge in [0.25, 0.3) is 5.91 Å². The summed E-state index contributed by atoms with van der Waals surface area (Å²) >= 11 is 5.96. The minimum atomic E-state index is -0.171. The van der Waals surface area contributed by atoms with E-state index in [2.05, 4.69) is 31.2 Å². The number of nitrogens with one attached hydrogen (secondary N) is 1. The van der Waals surface area contributed by atoms with E-state index in [4.69, 9.17) is 17.3 Å². The molecule has 3 N–H and O–H groups in total. The summed E-state index contributed by atoms with van der Waals surface area (Å²) in [5.74, 6) is 0.335. The first-order valence-corrected chi connectivity index (χ1v) is 10.7. The number of carbonyl (C=O) groups is 1. The van der Waals surface area contributed by atoms with E-state index in [-0.39, 0.29) is 11.3 Å². The highest BCUT2D eigenvalue weighted by Crippen LogP contribution is 2.25. The molecular weight excluding hydrogens is 420 g/mol. The van der Waals surface area contributed by atoms with Gasteiger partial charge in [-0.1, -0.05) is 56.6 Å². The Morgan fingerprint density at radius 2 is 1.56 bits per heavy atom. The van der Waals surface area contributed by atoms with Crippen LogP contribution in [-0.2, 0) is 5.41 Å². The van der Waals surface area contributed by atoms with Crippen LogP contribution in [0.5, 0.6) is 0 Å². The molecule has 4 aromatic rings. The molecule has 0 fully saturated rings. The normalized spacial score (nSPS) is 11.4. The lowest BCUT2D eigenvalue weighted by molar-refractivity contribution is 0.102. The molecule has 0 aliphatic heterocycles. The van der Waals surface area contributed by atoms with Gasteiger partial charge in [-0.2, -0.15) is 5.10 Å². The van der Waals surface area contributed by atoms with Crippen molar-refractivity contribution in [2.75, 3.05) is 11.1 Å². The molecule has 162 valence electrons. The Morgan fingerprint density at radius 1 is 0.938 bits per heavy atom.